The summed E-state index contributed by atoms with van der Waals surface area (Å²) in [6.45, 7) is 3.45. The highest BCUT2D eigenvalue weighted by Crippen LogP contribution is 2.17. The number of hydrogen-bond donors (Lipinski definition) is 2. The Morgan fingerprint density at radius 2 is 2.10 bits per heavy atom. The smallest absolute Gasteiger partial charge is 0.223 e. The van der Waals surface area contributed by atoms with Gasteiger partial charge in [0.15, 0.2) is 0 Å². The van der Waals surface area contributed by atoms with Gasteiger partial charge in [-0.25, -0.2) is 0 Å². The Kier molecular flexibility index (Phi) is 4.02. The molecular formula is C16H21N3O. The van der Waals surface area contributed by atoms with Crippen molar-refractivity contribution in [1.82, 2.24) is 15.2 Å². The first kappa shape index (κ1) is 13.2. The molecule has 0 bridgehead atoms. The molecule has 0 radical (unpaired) electrons. The predicted molar refractivity (Wildman–Crippen MR) is 80.4 cm³/mol. The SMILES string of the molecule is O=C(CCNCc1cccc2[nH]ccc12)N1CCCC1. The second-order valence-corrected chi connectivity index (χ2v) is 5.37. The second-order valence-electron chi connectivity index (χ2n) is 5.37. The van der Waals surface area contributed by atoms with Crippen LogP contribution in [0.25, 0.3) is 10.9 Å². The molecule has 2 N–H and O–H groups in total. The molecule has 2 heterocycles. The third-order valence-corrected chi connectivity index (χ3v) is 3.98. The number of aromatic amines is 1. The number of rotatable bonds is 5. The number of carbonyl (C=O) groups excluding carboxylic acids is 1. The molecule has 1 fully saturated rings. The average molecular weight is 271 g/mol. The minimum Gasteiger partial charge on any atom is -0.361 e. The first-order chi connectivity index (χ1) is 9.84. The number of nitrogens with one attached hydrogen (secondary N) is 2. The van der Waals surface area contributed by atoms with Crippen LogP contribution < -0.4 is 5.32 Å². The number of carbonyl (C=O) groups is 1. The fraction of sp³-hybridized carbons (Fsp3) is 0.438. The van der Waals surface area contributed by atoms with Gasteiger partial charge in [-0.05, 0) is 30.5 Å². The Hall–Kier alpha value is -1.81. The van der Waals surface area contributed by atoms with Crippen molar-refractivity contribution in [2.24, 2.45) is 0 Å². The van der Waals surface area contributed by atoms with Gasteiger partial charge in [-0.1, -0.05) is 12.1 Å². The molecule has 0 atom stereocenters. The second kappa shape index (κ2) is 6.09. The highest BCUT2D eigenvalue weighted by Gasteiger charge is 2.16. The Labute approximate surface area is 119 Å². The molecule has 1 aliphatic rings. The molecule has 0 spiro atoms. The maximum absolute atomic E-state index is 11.9. The molecule has 0 unspecified atom stereocenters. The molecule has 3 rings (SSSR count). The normalized spacial score (nSPS) is 15.1. The molecule has 1 saturated heterocycles. The van der Waals surface area contributed by atoms with Gasteiger partial charge in [0, 0.05) is 49.7 Å². The van der Waals surface area contributed by atoms with E-state index >= 15 is 0 Å². The standard InChI is InChI=1S/C16H21N3O/c20-16(19-10-1-2-11-19)7-8-17-12-13-4-3-5-15-14(13)6-9-18-15/h3-6,9,17-18H,1-2,7-8,10-12H2. The molecule has 2 aromatic rings. The summed E-state index contributed by atoms with van der Waals surface area (Å²) in [7, 11) is 0. The van der Waals surface area contributed by atoms with E-state index in [0.717, 1.165) is 44.5 Å². The van der Waals surface area contributed by atoms with Crippen LogP contribution in [0.15, 0.2) is 30.5 Å². The summed E-state index contributed by atoms with van der Waals surface area (Å²) in [4.78, 5) is 17.1. The van der Waals surface area contributed by atoms with Crippen LogP contribution in [0.4, 0.5) is 0 Å². The van der Waals surface area contributed by atoms with E-state index in [-0.39, 0.29) is 5.91 Å². The van der Waals surface area contributed by atoms with Crippen LogP contribution in [0.1, 0.15) is 24.8 Å². The monoisotopic (exact) mass is 271 g/mol. The summed E-state index contributed by atoms with van der Waals surface area (Å²) in [6, 6.07) is 8.37. The minimum atomic E-state index is 0.287. The lowest BCUT2D eigenvalue weighted by molar-refractivity contribution is -0.130. The lowest BCUT2D eigenvalue weighted by Gasteiger charge is -2.15. The highest BCUT2D eigenvalue weighted by atomic mass is 16.2. The fourth-order valence-corrected chi connectivity index (χ4v) is 2.85. The van der Waals surface area contributed by atoms with Gasteiger partial charge < -0.3 is 15.2 Å². The van der Waals surface area contributed by atoms with Gasteiger partial charge in [-0.15, -0.1) is 0 Å². The third kappa shape index (κ3) is 2.85. The summed E-state index contributed by atoms with van der Waals surface area (Å²) in [6.07, 6.45) is 4.89. The van der Waals surface area contributed by atoms with Gasteiger partial charge in [0.2, 0.25) is 5.91 Å². The molecule has 0 saturated carbocycles. The molecule has 1 amide bonds. The number of likely N-dealkylation sites (tertiary alicyclic amines) is 1. The molecule has 1 aromatic carbocycles. The van der Waals surface area contributed by atoms with Crippen LogP contribution >= 0.6 is 0 Å². The van der Waals surface area contributed by atoms with Gasteiger partial charge in [0.1, 0.15) is 0 Å². The van der Waals surface area contributed by atoms with Gasteiger partial charge >= 0.3 is 0 Å². The van der Waals surface area contributed by atoms with E-state index in [1.165, 1.54) is 10.9 Å². The molecule has 20 heavy (non-hydrogen) atoms. The van der Waals surface area contributed by atoms with E-state index in [1.807, 2.05) is 11.1 Å². The molecular weight excluding hydrogens is 250 g/mol. The average Bonchev–Trinajstić information content (AvgIpc) is 3.13. The topological polar surface area (TPSA) is 48.1 Å². The van der Waals surface area contributed by atoms with Crippen LogP contribution in [0.5, 0.6) is 0 Å². The lowest BCUT2D eigenvalue weighted by Crippen LogP contribution is -2.30. The number of H-pyrrole nitrogens is 1. The van der Waals surface area contributed by atoms with E-state index in [4.69, 9.17) is 0 Å². The number of hydrogen-bond acceptors (Lipinski definition) is 2. The predicted octanol–water partition coefficient (Wildman–Crippen LogP) is 2.27. The van der Waals surface area contributed by atoms with Crippen LogP contribution in [0, 0.1) is 0 Å². The molecule has 106 valence electrons. The summed E-state index contributed by atoms with van der Waals surface area (Å²) < 4.78 is 0. The number of aromatic nitrogens is 1. The van der Waals surface area contributed by atoms with Gasteiger partial charge in [0.05, 0.1) is 0 Å². The number of nitrogens with zero attached hydrogens (tertiary/aromatic N) is 1. The quantitative estimate of drug-likeness (QED) is 0.820. The first-order valence-electron chi connectivity index (χ1n) is 7.38. The zero-order valence-corrected chi connectivity index (χ0v) is 11.7. The van der Waals surface area contributed by atoms with Crippen LogP contribution in [0.2, 0.25) is 0 Å². The van der Waals surface area contributed by atoms with E-state index in [2.05, 4.69) is 34.6 Å². The first-order valence-corrected chi connectivity index (χ1v) is 7.38. The van der Waals surface area contributed by atoms with Crippen LogP contribution in [-0.2, 0) is 11.3 Å². The minimum absolute atomic E-state index is 0.287. The van der Waals surface area contributed by atoms with Crippen molar-refractivity contribution in [3.8, 4) is 0 Å². The van der Waals surface area contributed by atoms with E-state index in [1.54, 1.807) is 0 Å². The van der Waals surface area contributed by atoms with Crippen LogP contribution in [0.3, 0.4) is 0 Å². The van der Waals surface area contributed by atoms with E-state index in [0.29, 0.717) is 6.42 Å². The van der Waals surface area contributed by atoms with Gasteiger partial charge in [-0.3, -0.25) is 4.79 Å². The zero-order valence-electron chi connectivity index (χ0n) is 11.7. The molecule has 1 aliphatic heterocycles. The van der Waals surface area contributed by atoms with Crippen molar-refractivity contribution in [2.75, 3.05) is 19.6 Å². The lowest BCUT2D eigenvalue weighted by atomic mass is 10.1. The van der Waals surface area contributed by atoms with Crippen molar-refractivity contribution < 1.29 is 4.79 Å². The molecule has 0 aliphatic carbocycles. The van der Waals surface area contributed by atoms with Crippen molar-refractivity contribution in [1.29, 1.82) is 0 Å². The molecule has 4 nitrogen and oxygen atoms in total. The summed E-state index contributed by atoms with van der Waals surface area (Å²) >= 11 is 0. The van der Waals surface area contributed by atoms with Crippen molar-refractivity contribution in [3.63, 3.8) is 0 Å². The van der Waals surface area contributed by atoms with Crippen molar-refractivity contribution >= 4 is 16.8 Å². The summed E-state index contributed by atoms with van der Waals surface area (Å²) in [5.74, 6) is 0.287. The number of amides is 1. The van der Waals surface area contributed by atoms with Gasteiger partial charge in [-0.2, -0.15) is 0 Å². The van der Waals surface area contributed by atoms with E-state index in [9.17, 15) is 4.79 Å². The Balaban J connectivity index is 1.48. The summed E-state index contributed by atoms with van der Waals surface area (Å²) in [5.41, 5.74) is 2.44. The largest absolute Gasteiger partial charge is 0.361 e. The highest BCUT2D eigenvalue weighted by molar-refractivity contribution is 5.82. The maximum Gasteiger partial charge on any atom is 0.223 e. The van der Waals surface area contributed by atoms with Gasteiger partial charge in [0.25, 0.3) is 0 Å². The Bertz CT molecular complexity index is 584. The van der Waals surface area contributed by atoms with Crippen LogP contribution in [-0.4, -0.2) is 35.4 Å². The third-order valence-electron chi connectivity index (χ3n) is 3.98. The summed E-state index contributed by atoms with van der Waals surface area (Å²) in [5, 5.41) is 4.63. The Morgan fingerprint density at radius 1 is 1.25 bits per heavy atom. The van der Waals surface area contributed by atoms with E-state index < -0.39 is 0 Å². The number of fused-ring (bicyclic) bond motifs is 1. The van der Waals surface area contributed by atoms with Crippen molar-refractivity contribution in [3.05, 3.63) is 36.0 Å². The maximum atomic E-state index is 11.9. The zero-order chi connectivity index (χ0) is 13.8. The fourth-order valence-electron chi connectivity index (χ4n) is 2.85. The molecule has 1 aromatic heterocycles. The van der Waals surface area contributed by atoms with Crippen molar-refractivity contribution in [2.45, 2.75) is 25.8 Å². The molecule has 4 heteroatoms. The Morgan fingerprint density at radius 3 is 2.95 bits per heavy atom. The number of benzene rings is 1.